The smallest absolute Gasteiger partial charge is 0.257 e. The van der Waals surface area contributed by atoms with Crippen molar-refractivity contribution in [3.8, 4) is 0 Å². The number of rotatable bonds is 2. The molecule has 1 N–H and O–H groups in total. The highest BCUT2D eigenvalue weighted by molar-refractivity contribution is 7.22. The summed E-state index contributed by atoms with van der Waals surface area (Å²) >= 11 is 1.45. The van der Waals surface area contributed by atoms with E-state index >= 15 is 0 Å². The van der Waals surface area contributed by atoms with Crippen LogP contribution >= 0.6 is 11.3 Å². The van der Waals surface area contributed by atoms with Crippen LogP contribution in [-0.2, 0) is 0 Å². The van der Waals surface area contributed by atoms with Crippen molar-refractivity contribution >= 4 is 32.7 Å². The van der Waals surface area contributed by atoms with Gasteiger partial charge in [-0.2, -0.15) is 4.98 Å². The number of fused-ring (bicyclic) bond motifs is 1. The number of hydrogen-bond donors (Lipinski definition) is 1. The van der Waals surface area contributed by atoms with Crippen LogP contribution in [0.5, 0.6) is 0 Å². The van der Waals surface area contributed by atoms with Crippen molar-refractivity contribution in [2.24, 2.45) is 0 Å². The highest BCUT2D eigenvalue weighted by Gasteiger charge is 2.11. The van der Waals surface area contributed by atoms with E-state index in [2.05, 4.69) is 15.3 Å². The number of aromatic nitrogens is 2. The largest absolute Gasteiger partial charge is 0.298 e. The Morgan fingerprint density at radius 2 is 1.90 bits per heavy atom. The minimum Gasteiger partial charge on any atom is -0.298 e. The molecule has 20 heavy (non-hydrogen) atoms. The molecule has 100 valence electrons. The molecular formula is C15H13N3OS. The van der Waals surface area contributed by atoms with Crippen LogP contribution in [-0.4, -0.2) is 15.9 Å². The van der Waals surface area contributed by atoms with Crippen molar-refractivity contribution < 1.29 is 4.79 Å². The highest BCUT2D eigenvalue weighted by Crippen LogP contribution is 2.28. The minimum atomic E-state index is -0.154. The quantitative estimate of drug-likeness (QED) is 0.782. The first kappa shape index (κ1) is 12.7. The maximum Gasteiger partial charge on any atom is 0.257 e. The fourth-order valence-electron chi connectivity index (χ4n) is 2.04. The van der Waals surface area contributed by atoms with Gasteiger partial charge in [0.05, 0.1) is 4.70 Å². The number of aryl methyl sites for hydroxylation is 2. The first-order chi connectivity index (χ1) is 9.63. The van der Waals surface area contributed by atoms with Crippen molar-refractivity contribution in [3.05, 3.63) is 53.2 Å². The van der Waals surface area contributed by atoms with Gasteiger partial charge in [0.2, 0.25) is 0 Å². The van der Waals surface area contributed by atoms with Crippen LogP contribution in [0.15, 0.2) is 36.4 Å². The molecule has 5 heteroatoms. The van der Waals surface area contributed by atoms with Gasteiger partial charge in [-0.05, 0) is 37.6 Å². The Hall–Kier alpha value is -2.27. The standard InChI is InChI=1S/C15H13N3OS/c1-9-8-10(2)16-13-12(9)20-15(17-13)18-14(19)11-6-4-3-5-7-11/h3-8H,1-2H3,(H,16,17,18,19). The van der Waals surface area contributed by atoms with Crippen LogP contribution < -0.4 is 5.32 Å². The van der Waals surface area contributed by atoms with Crippen molar-refractivity contribution in [1.82, 2.24) is 9.97 Å². The predicted molar refractivity (Wildman–Crippen MR) is 81.3 cm³/mol. The molecule has 0 radical (unpaired) electrons. The van der Waals surface area contributed by atoms with Crippen LogP contribution in [0.25, 0.3) is 10.3 Å². The number of benzene rings is 1. The number of nitrogens with zero attached hydrogens (tertiary/aromatic N) is 2. The van der Waals surface area contributed by atoms with Crippen LogP contribution in [0.4, 0.5) is 5.13 Å². The maximum absolute atomic E-state index is 12.1. The Kier molecular flexibility index (Phi) is 3.20. The number of nitrogens with one attached hydrogen (secondary N) is 1. The first-order valence-corrected chi connectivity index (χ1v) is 7.06. The molecule has 0 saturated heterocycles. The Labute approximate surface area is 120 Å². The molecule has 0 aliphatic heterocycles. The summed E-state index contributed by atoms with van der Waals surface area (Å²) < 4.78 is 1.01. The van der Waals surface area contributed by atoms with E-state index in [1.807, 2.05) is 38.1 Å². The molecule has 0 bridgehead atoms. The maximum atomic E-state index is 12.1. The summed E-state index contributed by atoms with van der Waals surface area (Å²) in [7, 11) is 0. The lowest BCUT2D eigenvalue weighted by molar-refractivity contribution is 0.102. The number of pyridine rings is 1. The van der Waals surface area contributed by atoms with Crippen molar-refractivity contribution in [3.63, 3.8) is 0 Å². The molecule has 4 nitrogen and oxygen atoms in total. The third-order valence-corrected chi connectivity index (χ3v) is 4.03. The van der Waals surface area contributed by atoms with E-state index in [9.17, 15) is 4.79 Å². The van der Waals surface area contributed by atoms with Gasteiger partial charge >= 0.3 is 0 Å². The third kappa shape index (κ3) is 2.40. The minimum absolute atomic E-state index is 0.154. The molecule has 0 aliphatic carbocycles. The Morgan fingerprint density at radius 1 is 1.15 bits per heavy atom. The number of anilines is 1. The van der Waals surface area contributed by atoms with Gasteiger partial charge in [0.1, 0.15) is 0 Å². The third-order valence-electron chi connectivity index (χ3n) is 2.93. The van der Waals surface area contributed by atoms with E-state index in [4.69, 9.17) is 0 Å². The molecule has 1 aromatic carbocycles. The fourth-order valence-corrected chi connectivity index (χ4v) is 2.91. The molecule has 2 heterocycles. The lowest BCUT2D eigenvalue weighted by atomic mass is 10.2. The molecule has 0 aliphatic rings. The average molecular weight is 283 g/mol. The molecular weight excluding hydrogens is 270 g/mol. The van der Waals surface area contributed by atoms with Gasteiger partial charge < -0.3 is 0 Å². The molecule has 0 unspecified atom stereocenters. The van der Waals surface area contributed by atoms with Crippen LogP contribution in [0.1, 0.15) is 21.6 Å². The van der Waals surface area contributed by atoms with Crippen molar-refractivity contribution in [2.45, 2.75) is 13.8 Å². The molecule has 1 amide bonds. The Balaban J connectivity index is 1.92. The first-order valence-electron chi connectivity index (χ1n) is 6.24. The van der Waals surface area contributed by atoms with E-state index < -0.39 is 0 Å². The summed E-state index contributed by atoms with van der Waals surface area (Å²) in [5.41, 5.74) is 3.37. The predicted octanol–water partition coefficient (Wildman–Crippen LogP) is 3.56. The lowest BCUT2D eigenvalue weighted by Gasteiger charge is -2.00. The Morgan fingerprint density at radius 3 is 2.65 bits per heavy atom. The molecule has 0 atom stereocenters. The molecule has 0 saturated carbocycles. The molecule has 3 aromatic rings. The van der Waals surface area contributed by atoms with E-state index in [1.165, 1.54) is 11.3 Å². The summed E-state index contributed by atoms with van der Waals surface area (Å²) in [4.78, 5) is 20.8. The van der Waals surface area contributed by atoms with Crippen LogP contribution in [0.3, 0.4) is 0 Å². The SMILES string of the molecule is Cc1cc(C)c2sc(NC(=O)c3ccccc3)nc2n1. The molecule has 0 spiro atoms. The average Bonchev–Trinajstić information content (AvgIpc) is 2.82. The van der Waals surface area contributed by atoms with E-state index in [1.54, 1.807) is 12.1 Å². The van der Waals surface area contributed by atoms with E-state index in [-0.39, 0.29) is 5.91 Å². The highest BCUT2D eigenvalue weighted by atomic mass is 32.1. The molecule has 2 aromatic heterocycles. The molecule has 0 fully saturated rings. The Bertz CT molecular complexity index is 780. The normalized spacial score (nSPS) is 10.7. The topological polar surface area (TPSA) is 54.9 Å². The van der Waals surface area contributed by atoms with Gasteiger partial charge in [-0.1, -0.05) is 29.5 Å². The van der Waals surface area contributed by atoms with Gasteiger partial charge in [0, 0.05) is 11.3 Å². The summed E-state index contributed by atoms with van der Waals surface area (Å²) in [6.07, 6.45) is 0. The second-order valence-corrected chi connectivity index (χ2v) is 5.57. The number of carbonyl (C=O) groups is 1. The van der Waals surface area contributed by atoms with Crippen molar-refractivity contribution in [2.75, 3.05) is 5.32 Å². The number of amides is 1. The van der Waals surface area contributed by atoms with Gasteiger partial charge in [-0.3, -0.25) is 10.1 Å². The lowest BCUT2D eigenvalue weighted by Crippen LogP contribution is -2.11. The van der Waals surface area contributed by atoms with E-state index in [0.29, 0.717) is 16.3 Å². The zero-order valence-electron chi connectivity index (χ0n) is 11.2. The summed E-state index contributed by atoms with van der Waals surface area (Å²) in [5, 5.41) is 3.40. The van der Waals surface area contributed by atoms with Gasteiger partial charge in [-0.25, -0.2) is 4.98 Å². The fraction of sp³-hybridized carbons (Fsp3) is 0.133. The zero-order chi connectivity index (χ0) is 14.1. The number of hydrogen-bond acceptors (Lipinski definition) is 4. The summed E-state index contributed by atoms with van der Waals surface area (Å²) in [5.74, 6) is -0.154. The van der Waals surface area contributed by atoms with Crippen molar-refractivity contribution in [1.29, 1.82) is 0 Å². The summed E-state index contributed by atoms with van der Waals surface area (Å²) in [6.45, 7) is 3.96. The second-order valence-electron chi connectivity index (χ2n) is 4.57. The van der Waals surface area contributed by atoms with Gasteiger partial charge in [0.25, 0.3) is 5.91 Å². The van der Waals surface area contributed by atoms with Crippen LogP contribution in [0.2, 0.25) is 0 Å². The monoisotopic (exact) mass is 283 g/mol. The number of thiazole rings is 1. The summed E-state index contributed by atoms with van der Waals surface area (Å²) in [6, 6.07) is 11.1. The second kappa shape index (κ2) is 5.02. The van der Waals surface area contributed by atoms with E-state index in [0.717, 1.165) is 16.0 Å². The van der Waals surface area contributed by atoms with Gasteiger partial charge in [0.15, 0.2) is 10.8 Å². The van der Waals surface area contributed by atoms with Gasteiger partial charge in [-0.15, -0.1) is 0 Å². The van der Waals surface area contributed by atoms with Crippen LogP contribution in [0, 0.1) is 13.8 Å². The number of carbonyl (C=O) groups excluding carboxylic acids is 1. The zero-order valence-corrected chi connectivity index (χ0v) is 12.0. The molecule has 3 rings (SSSR count).